The average molecular weight is 956 g/mol. The first-order chi connectivity index (χ1) is 31.0. The highest BCUT2D eigenvalue weighted by atomic mass is 19.2. The standard InChI is InChI=1S/C24BF20.C18H16N2O/c26-5-1(6(27)14(35)21(42)13(5)34)25(2-7(28)15(36)22(43)16(37)8(2)29,3-9(30)17(38)23(44)18(39)10(3)31)4-11(32)19(40)24(45)20(41)12(4)33;21-18-8-6-15(7-9-18)12-17-14-20(11-10-19-17)13-16-4-2-1-3-5-16/h;1-11,14H,12-13H2/q-1;/p+1. The number of phenolic OH excluding ortho intramolecular Hbond substituents is 1. The zero-order valence-electron chi connectivity index (χ0n) is 31.8. The smallest absolute Gasteiger partial charge is 0.200 e. The Morgan fingerprint density at radius 3 is 1.00 bits per heavy atom. The Morgan fingerprint density at radius 2 is 0.682 bits per heavy atom. The number of benzene rings is 6. The maximum atomic E-state index is 15.4. The second-order valence-corrected chi connectivity index (χ2v) is 13.8. The van der Waals surface area contributed by atoms with Gasteiger partial charge in [0.2, 0.25) is 0 Å². The van der Waals surface area contributed by atoms with E-state index in [4.69, 9.17) is 0 Å². The van der Waals surface area contributed by atoms with Crippen LogP contribution in [0.15, 0.2) is 73.2 Å². The molecule has 0 aliphatic carbocycles. The zero-order chi connectivity index (χ0) is 48.8. The second kappa shape index (κ2) is 18.4. The molecule has 7 rings (SSSR count). The van der Waals surface area contributed by atoms with Crippen LogP contribution in [-0.4, -0.2) is 16.2 Å². The molecule has 3 nitrogen and oxygen atoms in total. The molecule has 7 aromatic rings. The molecule has 0 fully saturated rings. The molecule has 0 saturated heterocycles. The Balaban J connectivity index is 0.000000284. The summed E-state index contributed by atoms with van der Waals surface area (Å²) in [6, 6.07) is 17.6. The van der Waals surface area contributed by atoms with Crippen LogP contribution in [0.4, 0.5) is 87.8 Å². The molecule has 1 aromatic heterocycles. The van der Waals surface area contributed by atoms with E-state index in [-0.39, 0.29) is 0 Å². The van der Waals surface area contributed by atoms with Crippen molar-refractivity contribution in [2.75, 3.05) is 0 Å². The topological polar surface area (TPSA) is 37.0 Å². The summed E-state index contributed by atoms with van der Waals surface area (Å²) in [5.41, 5.74) is -10.9. The Labute approximate surface area is 355 Å². The van der Waals surface area contributed by atoms with Gasteiger partial charge >= 0.3 is 0 Å². The third kappa shape index (κ3) is 8.01. The minimum absolute atomic E-state index is 0.291. The number of nitrogens with zero attached hydrogens (tertiary/aromatic N) is 2. The van der Waals surface area contributed by atoms with Gasteiger partial charge in [-0.3, -0.25) is 0 Å². The van der Waals surface area contributed by atoms with Crippen molar-refractivity contribution < 1.29 is 97.5 Å². The molecule has 0 spiro atoms. The van der Waals surface area contributed by atoms with Gasteiger partial charge in [0, 0.05) is 12.0 Å². The van der Waals surface area contributed by atoms with Gasteiger partial charge in [-0.15, -0.1) is 21.9 Å². The average Bonchev–Trinajstić information content (AvgIpc) is 3.30. The van der Waals surface area contributed by atoms with Crippen molar-refractivity contribution in [2.24, 2.45) is 0 Å². The van der Waals surface area contributed by atoms with Crippen LogP contribution in [0, 0.1) is 116 Å². The molecule has 0 amide bonds. The van der Waals surface area contributed by atoms with Gasteiger partial charge in [0.15, 0.2) is 88.7 Å². The number of hydrogen-bond acceptors (Lipinski definition) is 2. The Morgan fingerprint density at radius 1 is 0.379 bits per heavy atom. The van der Waals surface area contributed by atoms with E-state index in [1.807, 2.05) is 30.6 Å². The second-order valence-electron chi connectivity index (χ2n) is 13.8. The van der Waals surface area contributed by atoms with E-state index < -0.39 is 144 Å². The van der Waals surface area contributed by atoms with Gasteiger partial charge in [0.25, 0.3) is 0 Å². The Bertz CT molecular complexity index is 2660. The lowest BCUT2D eigenvalue weighted by Crippen LogP contribution is -2.81. The van der Waals surface area contributed by atoms with Gasteiger partial charge in [-0.25, -0.2) is 92.8 Å². The lowest BCUT2D eigenvalue weighted by Gasteiger charge is -2.44. The van der Waals surface area contributed by atoms with Crippen molar-refractivity contribution in [3.63, 3.8) is 0 Å². The fraction of sp³-hybridized carbons (Fsp3) is 0.0476. The quantitative estimate of drug-likeness (QED) is 0.0546. The first-order valence-electron chi connectivity index (χ1n) is 17.9. The molecule has 0 aliphatic rings. The first kappa shape index (κ1) is 48.3. The summed E-state index contributed by atoms with van der Waals surface area (Å²) in [6.45, 7) is 0.839. The Hall–Kier alpha value is -7.14. The maximum absolute atomic E-state index is 15.4. The summed E-state index contributed by atoms with van der Waals surface area (Å²) in [7, 11) is 0. The normalized spacial score (nSPS) is 11.5. The molecule has 0 unspecified atom stereocenters. The predicted octanol–water partition coefficient (Wildman–Crippen LogP) is 8.56. The fourth-order valence-electron chi connectivity index (χ4n) is 7.16. The summed E-state index contributed by atoms with van der Waals surface area (Å²) in [5.74, 6) is -71.1. The summed E-state index contributed by atoms with van der Waals surface area (Å²) in [6.07, 6.45) is -0.576. The van der Waals surface area contributed by atoms with E-state index in [9.17, 15) is 57.8 Å². The number of aromatic nitrogens is 2. The van der Waals surface area contributed by atoms with Crippen LogP contribution in [0.5, 0.6) is 5.75 Å². The first-order valence-corrected chi connectivity index (χ1v) is 17.9. The third-order valence-corrected chi connectivity index (χ3v) is 10.0. The highest BCUT2D eigenvalue weighted by Crippen LogP contribution is 2.31. The number of halogens is 20. The number of aromatic hydroxyl groups is 1. The third-order valence-electron chi connectivity index (χ3n) is 10.0. The van der Waals surface area contributed by atoms with Crippen LogP contribution in [0.25, 0.3) is 0 Å². The van der Waals surface area contributed by atoms with Crippen LogP contribution in [0.3, 0.4) is 0 Å². The van der Waals surface area contributed by atoms with Gasteiger partial charge in [0.05, 0.1) is 6.20 Å². The van der Waals surface area contributed by atoms with Crippen LogP contribution >= 0.6 is 0 Å². The van der Waals surface area contributed by atoms with Crippen molar-refractivity contribution in [1.29, 1.82) is 0 Å². The molecule has 1 heterocycles. The van der Waals surface area contributed by atoms with Crippen molar-refractivity contribution >= 4 is 28.0 Å². The molecule has 6 aromatic carbocycles. The van der Waals surface area contributed by atoms with Gasteiger partial charge < -0.3 is 5.11 Å². The molecule has 0 saturated carbocycles. The zero-order valence-corrected chi connectivity index (χ0v) is 31.8. The van der Waals surface area contributed by atoms with Crippen molar-refractivity contribution in [2.45, 2.75) is 13.0 Å². The lowest BCUT2D eigenvalue weighted by molar-refractivity contribution is -0.689. The molecular formula is C42H17BF20N2O. The summed E-state index contributed by atoms with van der Waals surface area (Å²) < 4.78 is 296. The molecule has 1 N–H and O–H groups in total. The molecule has 0 bridgehead atoms. The summed E-state index contributed by atoms with van der Waals surface area (Å²) >= 11 is 0. The highest BCUT2D eigenvalue weighted by molar-refractivity contribution is 7.20. The maximum Gasteiger partial charge on any atom is 0.200 e. The van der Waals surface area contributed by atoms with Gasteiger partial charge in [0.1, 0.15) is 64.1 Å². The lowest BCUT2D eigenvalue weighted by atomic mass is 9.12. The van der Waals surface area contributed by atoms with E-state index in [0.29, 0.717) is 5.75 Å². The monoisotopic (exact) mass is 956 g/mol. The molecule has 0 radical (unpaired) electrons. The van der Waals surface area contributed by atoms with E-state index >= 15 is 35.1 Å². The number of phenols is 1. The molecule has 344 valence electrons. The van der Waals surface area contributed by atoms with Crippen LogP contribution in [-0.2, 0) is 13.0 Å². The minimum Gasteiger partial charge on any atom is -0.508 e. The van der Waals surface area contributed by atoms with Gasteiger partial charge in [-0.1, -0.05) is 42.5 Å². The molecule has 0 aliphatic heterocycles. The van der Waals surface area contributed by atoms with E-state index in [1.165, 1.54) is 5.56 Å². The fourth-order valence-corrected chi connectivity index (χ4v) is 7.16. The summed E-state index contributed by atoms with van der Waals surface area (Å²) in [4.78, 5) is 4.42. The van der Waals surface area contributed by atoms with Gasteiger partial charge in [-0.05, 0) is 17.7 Å². The van der Waals surface area contributed by atoms with E-state index in [2.05, 4.69) is 40.0 Å². The summed E-state index contributed by atoms with van der Waals surface area (Å²) in [5, 5.41) is 9.31. The molecular weight excluding hydrogens is 939 g/mol. The minimum atomic E-state index is -7.22. The van der Waals surface area contributed by atoms with E-state index in [1.54, 1.807) is 12.1 Å². The van der Waals surface area contributed by atoms with Crippen molar-refractivity contribution in [3.8, 4) is 5.75 Å². The van der Waals surface area contributed by atoms with Crippen LogP contribution in [0.2, 0.25) is 0 Å². The van der Waals surface area contributed by atoms with Crippen molar-refractivity contribution in [3.05, 3.63) is 206 Å². The number of rotatable bonds is 8. The largest absolute Gasteiger partial charge is 0.508 e. The highest BCUT2D eigenvalue weighted by Gasteiger charge is 2.52. The van der Waals surface area contributed by atoms with E-state index in [0.717, 1.165) is 24.2 Å². The van der Waals surface area contributed by atoms with Gasteiger partial charge in [-0.2, -0.15) is 4.57 Å². The van der Waals surface area contributed by atoms with Crippen LogP contribution < -0.4 is 26.4 Å². The predicted molar refractivity (Wildman–Crippen MR) is 190 cm³/mol. The van der Waals surface area contributed by atoms with Crippen molar-refractivity contribution in [1.82, 2.24) is 4.98 Å². The molecule has 0 atom stereocenters. The molecule has 24 heteroatoms. The SMILES string of the molecule is Fc1c(F)c(F)c([B-](c2c(F)c(F)c(F)c(F)c2F)(c2c(F)c(F)c(F)c(F)c2F)c2c(F)c(F)c(F)c(F)c2F)c(F)c1F.Oc1ccc(Cc2c[n+](Cc3ccccc3)ccn2)cc1. The Kier molecular flexibility index (Phi) is 13.5. The number of hydrogen-bond donors (Lipinski definition) is 1. The molecule has 66 heavy (non-hydrogen) atoms. The van der Waals surface area contributed by atoms with Crippen LogP contribution in [0.1, 0.15) is 16.8 Å².